The molecule has 1 saturated heterocycles. The zero-order chi connectivity index (χ0) is 24.4. The van der Waals surface area contributed by atoms with E-state index in [0.717, 1.165) is 35.2 Å². The molecule has 0 bridgehead atoms. The van der Waals surface area contributed by atoms with Gasteiger partial charge in [-0.2, -0.15) is 0 Å². The van der Waals surface area contributed by atoms with Crippen LogP contribution in [0.1, 0.15) is 22.0 Å². The summed E-state index contributed by atoms with van der Waals surface area (Å²) in [7, 11) is 1.61. The second-order valence-electron chi connectivity index (χ2n) is 8.75. The average Bonchev–Trinajstić information content (AvgIpc) is 3.33. The lowest BCUT2D eigenvalue weighted by atomic mass is 9.92. The van der Waals surface area contributed by atoms with E-state index < -0.39 is 12.1 Å². The smallest absolute Gasteiger partial charge is 0.195 e. The number of hydrogen-bond donors (Lipinski definition) is 2. The van der Waals surface area contributed by atoms with Crippen molar-refractivity contribution in [2.45, 2.75) is 12.1 Å². The summed E-state index contributed by atoms with van der Waals surface area (Å²) in [6.07, 6.45) is 0.426. The lowest BCUT2D eigenvalue weighted by Gasteiger charge is -2.42. The molecule has 1 aromatic heterocycles. The van der Waals surface area contributed by atoms with E-state index in [1.54, 1.807) is 13.3 Å². The molecule has 3 aromatic carbocycles. The van der Waals surface area contributed by atoms with Gasteiger partial charge in [0.25, 0.3) is 0 Å². The third kappa shape index (κ3) is 4.65. The van der Waals surface area contributed by atoms with Crippen LogP contribution in [-0.2, 0) is 0 Å². The minimum Gasteiger partial charge on any atom is -0.496 e. The normalized spacial score (nSPS) is 16.3. The Balaban J connectivity index is 1.45. The van der Waals surface area contributed by atoms with Gasteiger partial charge in [0.2, 0.25) is 0 Å². The Hall–Kier alpha value is -3.32. The summed E-state index contributed by atoms with van der Waals surface area (Å²) in [5, 5.41) is 13.1. The Labute approximate surface area is 209 Å². The number of piperazine rings is 1. The first kappa shape index (κ1) is 23.4. The summed E-state index contributed by atoms with van der Waals surface area (Å²) in [6, 6.07) is 22.5. The highest BCUT2D eigenvalue weighted by Crippen LogP contribution is 2.35. The summed E-state index contributed by atoms with van der Waals surface area (Å²) in [5.74, 6) is 0.344. The lowest BCUT2D eigenvalue weighted by molar-refractivity contribution is 0.0359. The van der Waals surface area contributed by atoms with Crippen molar-refractivity contribution in [2.75, 3.05) is 38.2 Å². The first-order valence-electron chi connectivity index (χ1n) is 11.7. The predicted octanol–water partition coefficient (Wildman–Crippen LogP) is 4.94. The number of nitrogens with zero attached hydrogens (tertiary/aromatic N) is 2. The summed E-state index contributed by atoms with van der Waals surface area (Å²) < 4.78 is 5.63. The Morgan fingerprint density at radius 1 is 1.00 bits per heavy atom. The van der Waals surface area contributed by atoms with E-state index in [9.17, 15) is 9.90 Å². The standard InChI is InChI=1S/C28H28ClN3O3/c1-35-25-12-5-3-10-22(25)26(28(34)27(33)23-18-30-24-11-4-2-9-21(23)24)32-15-13-31(14-16-32)20-8-6-7-19(29)17-20/h2-12,17-18,26,28,30,34H,13-16H2,1H3/t26-,28-/m1/s1. The molecule has 6 nitrogen and oxygen atoms in total. The molecular formula is C28H28ClN3O3. The Morgan fingerprint density at radius 3 is 2.51 bits per heavy atom. The Bertz CT molecular complexity index is 1330. The number of halogens is 1. The highest BCUT2D eigenvalue weighted by atomic mass is 35.5. The zero-order valence-corrected chi connectivity index (χ0v) is 20.3. The first-order chi connectivity index (χ1) is 17.1. The number of methoxy groups -OCH3 is 1. The maximum absolute atomic E-state index is 13.6. The number of aromatic nitrogens is 1. The van der Waals surface area contributed by atoms with Gasteiger partial charge in [0.15, 0.2) is 5.78 Å². The number of anilines is 1. The predicted molar refractivity (Wildman–Crippen MR) is 140 cm³/mol. The number of ether oxygens (including phenoxy) is 1. The number of fused-ring (bicyclic) bond motifs is 1. The molecular weight excluding hydrogens is 462 g/mol. The van der Waals surface area contributed by atoms with Crippen LogP contribution in [0.2, 0.25) is 5.02 Å². The summed E-state index contributed by atoms with van der Waals surface area (Å²) >= 11 is 6.20. The van der Waals surface area contributed by atoms with Gasteiger partial charge in [-0.25, -0.2) is 0 Å². The molecule has 35 heavy (non-hydrogen) atoms. The van der Waals surface area contributed by atoms with Crippen molar-refractivity contribution in [1.29, 1.82) is 0 Å². The number of carbonyl (C=O) groups is 1. The SMILES string of the molecule is COc1ccccc1[C@H]([C@@H](O)C(=O)c1c[nH]c2ccccc12)N1CCN(c2cccc(Cl)c2)CC1. The van der Waals surface area contributed by atoms with Crippen molar-refractivity contribution in [3.8, 4) is 5.75 Å². The van der Waals surface area contributed by atoms with E-state index in [1.807, 2.05) is 66.7 Å². The van der Waals surface area contributed by atoms with Gasteiger partial charge in [-0.3, -0.25) is 9.69 Å². The number of aliphatic hydroxyl groups is 1. The number of rotatable bonds is 7. The van der Waals surface area contributed by atoms with Crippen LogP contribution >= 0.6 is 11.6 Å². The van der Waals surface area contributed by atoms with Crippen LogP contribution in [0.15, 0.2) is 79.0 Å². The second kappa shape index (κ2) is 10.1. The van der Waals surface area contributed by atoms with Gasteiger partial charge in [0, 0.05) is 65.1 Å². The molecule has 2 atom stereocenters. The van der Waals surface area contributed by atoms with Gasteiger partial charge < -0.3 is 19.7 Å². The van der Waals surface area contributed by atoms with Crippen molar-refractivity contribution in [3.63, 3.8) is 0 Å². The number of nitrogens with one attached hydrogen (secondary N) is 1. The van der Waals surface area contributed by atoms with E-state index >= 15 is 0 Å². The van der Waals surface area contributed by atoms with Crippen LogP contribution < -0.4 is 9.64 Å². The summed E-state index contributed by atoms with van der Waals surface area (Å²) in [6.45, 7) is 2.85. The van der Waals surface area contributed by atoms with Crippen LogP contribution in [0.5, 0.6) is 5.75 Å². The fourth-order valence-electron chi connectivity index (χ4n) is 4.99. The number of para-hydroxylation sites is 2. The van der Waals surface area contributed by atoms with Crippen LogP contribution in [0.4, 0.5) is 5.69 Å². The first-order valence-corrected chi connectivity index (χ1v) is 12.1. The fourth-order valence-corrected chi connectivity index (χ4v) is 5.17. The Morgan fingerprint density at radius 2 is 1.74 bits per heavy atom. The number of Topliss-reactive ketones (excluding diaryl/α,β-unsaturated/α-hetero) is 1. The van der Waals surface area contributed by atoms with Gasteiger partial charge in [-0.1, -0.05) is 54.1 Å². The summed E-state index contributed by atoms with van der Waals surface area (Å²) in [4.78, 5) is 21.2. The van der Waals surface area contributed by atoms with Gasteiger partial charge in [-0.05, 0) is 30.3 Å². The zero-order valence-electron chi connectivity index (χ0n) is 19.5. The number of ketones is 1. The third-order valence-electron chi connectivity index (χ3n) is 6.76. The van der Waals surface area contributed by atoms with E-state index in [2.05, 4.69) is 20.9 Å². The van der Waals surface area contributed by atoms with Gasteiger partial charge in [-0.15, -0.1) is 0 Å². The monoisotopic (exact) mass is 489 g/mol. The lowest BCUT2D eigenvalue weighted by Crippen LogP contribution is -2.51. The maximum atomic E-state index is 13.6. The number of hydrogen-bond acceptors (Lipinski definition) is 5. The minimum atomic E-state index is -1.26. The number of aliphatic hydroxyl groups excluding tert-OH is 1. The molecule has 1 fully saturated rings. The number of aromatic amines is 1. The average molecular weight is 490 g/mol. The molecule has 1 aliphatic rings. The Kier molecular flexibility index (Phi) is 6.77. The van der Waals surface area contributed by atoms with Crippen LogP contribution in [-0.4, -0.2) is 60.2 Å². The largest absolute Gasteiger partial charge is 0.496 e. The van der Waals surface area contributed by atoms with Crippen LogP contribution in [0.3, 0.4) is 0 Å². The van der Waals surface area contributed by atoms with Crippen molar-refractivity contribution in [2.24, 2.45) is 0 Å². The molecule has 2 N–H and O–H groups in total. The topological polar surface area (TPSA) is 68.8 Å². The van der Waals surface area contributed by atoms with Crippen molar-refractivity contribution in [1.82, 2.24) is 9.88 Å². The molecule has 0 saturated carbocycles. The summed E-state index contributed by atoms with van der Waals surface area (Å²) in [5.41, 5.74) is 3.23. The van der Waals surface area contributed by atoms with E-state index in [0.29, 0.717) is 29.4 Å². The number of carbonyl (C=O) groups excluding carboxylic acids is 1. The van der Waals surface area contributed by atoms with Gasteiger partial charge in [0.1, 0.15) is 11.9 Å². The highest BCUT2D eigenvalue weighted by molar-refractivity contribution is 6.30. The second-order valence-corrected chi connectivity index (χ2v) is 9.18. The number of benzene rings is 3. The highest BCUT2D eigenvalue weighted by Gasteiger charge is 2.37. The quantitative estimate of drug-likeness (QED) is 0.360. The van der Waals surface area contributed by atoms with Crippen LogP contribution in [0, 0.1) is 0 Å². The molecule has 0 spiro atoms. The van der Waals surface area contributed by atoms with Crippen LogP contribution in [0.25, 0.3) is 10.9 Å². The van der Waals surface area contributed by atoms with E-state index in [-0.39, 0.29) is 5.78 Å². The van der Waals surface area contributed by atoms with Crippen molar-refractivity contribution >= 4 is 34.0 Å². The van der Waals surface area contributed by atoms with Gasteiger partial charge in [0.05, 0.1) is 13.2 Å². The van der Waals surface area contributed by atoms with Gasteiger partial charge >= 0.3 is 0 Å². The molecule has 7 heteroatoms. The van der Waals surface area contributed by atoms with Crippen molar-refractivity contribution in [3.05, 3.63) is 95.1 Å². The van der Waals surface area contributed by atoms with E-state index in [4.69, 9.17) is 16.3 Å². The molecule has 0 amide bonds. The minimum absolute atomic E-state index is 0.310. The maximum Gasteiger partial charge on any atom is 0.195 e. The molecule has 0 unspecified atom stereocenters. The molecule has 180 valence electrons. The number of H-pyrrole nitrogens is 1. The molecule has 0 aliphatic carbocycles. The molecule has 2 heterocycles. The van der Waals surface area contributed by atoms with Crippen molar-refractivity contribution < 1.29 is 14.6 Å². The third-order valence-corrected chi connectivity index (χ3v) is 7.00. The fraction of sp³-hybridized carbons (Fsp3) is 0.250. The van der Waals surface area contributed by atoms with E-state index in [1.165, 1.54) is 0 Å². The molecule has 5 rings (SSSR count). The molecule has 1 aliphatic heterocycles. The molecule has 4 aromatic rings. The molecule has 0 radical (unpaired) electrons.